The highest BCUT2D eigenvalue weighted by atomic mass is 16.5. The third kappa shape index (κ3) is 1.94. The molecule has 94 valence electrons. The van der Waals surface area contributed by atoms with Gasteiger partial charge in [0.25, 0.3) is 0 Å². The molecule has 17 heavy (non-hydrogen) atoms. The van der Waals surface area contributed by atoms with Crippen molar-refractivity contribution in [3.05, 3.63) is 23.5 Å². The molecule has 0 aromatic rings. The molecule has 0 amide bonds. The van der Waals surface area contributed by atoms with E-state index >= 15 is 0 Å². The molecule has 1 heteroatoms. The van der Waals surface area contributed by atoms with E-state index in [4.69, 9.17) is 4.74 Å². The molecule has 0 radical (unpaired) electrons. The third-order valence-electron chi connectivity index (χ3n) is 4.86. The Morgan fingerprint density at radius 3 is 2.53 bits per heavy atom. The predicted molar refractivity (Wildman–Crippen MR) is 70.5 cm³/mol. The summed E-state index contributed by atoms with van der Waals surface area (Å²) in [5, 5.41) is 0. The molecule has 0 aromatic heterocycles. The zero-order valence-corrected chi connectivity index (χ0v) is 11.1. The van der Waals surface area contributed by atoms with Gasteiger partial charge in [0.15, 0.2) is 0 Å². The summed E-state index contributed by atoms with van der Waals surface area (Å²) in [4.78, 5) is 0. The smallest absolute Gasteiger partial charge is 0.103 e. The highest BCUT2D eigenvalue weighted by molar-refractivity contribution is 5.36. The predicted octanol–water partition coefficient (Wildman–Crippen LogP) is 4.31. The van der Waals surface area contributed by atoms with Gasteiger partial charge in [0.05, 0.1) is 6.61 Å². The van der Waals surface area contributed by atoms with E-state index in [1.807, 2.05) is 0 Å². The summed E-state index contributed by atoms with van der Waals surface area (Å²) >= 11 is 0. The van der Waals surface area contributed by atoms with Gasteiger partial charge in [-0.3, -0.25) is 0 Å². The van der Waals surface area contributed by atoms with E-state index in [9.17, 15) is 0 Å². The van der Waals surface area contributed by atoms with Crippen LogP contribution in [0, 0.1) is 23.7 Å². The van der Waals surface area contributed by atoms with Gasteiger partial charge >= 0.3 is 0 Å². The molecular formula is C16H24O. The lowest BCUT2D eigenvalue weighted by atomic mass is 9.76. The van der Waals surface area contributed by atoms with Crippen molar-refractivity contribution >= 4 is 0 Å². The molecule has 0 N–H and O–H groups in total. The molecule has 0 aromatic carbocycles. The maximum absolute atomic E-state index is 5.96. The number of ether oxygens (including phenoxy) is 1. The van der Waals surface area contributed by atoms with E-state index in [1.54, 1.807) is 5.57 Å². The molecule has 2 atom stereocenters. The number of fused-ring (bicyclic) bond motifs is 2. The summed E-state index contributed by atoms with van der Waals surface area (Å²) in [6.07, 6.45) is 11.7. The lowest BCUT2D eigenvalue weighted by Crippen LogP contribution is -2.18. The Morgan fingerprint density at radius 1 is 1.12 bits per heavy atom. The van der Waals surface area contributed by atoms with Crippen LogP contribution in [0.3, 0.4) is 0 Å². The minimum absolute atomic E-state index is 0.620. The standard InChI is InChI=1S/C16H24O/c1-3-17-16-14-9-8-13(10-14)15(16)12-6-4-11(2)5-7-12/h8-9,11-14H,3-7,10H2,1-2H3. The fourth-order valence-corrected chi connectivity index (χ4v) is 3.94. The second kappa shape index (κ2) is 4.51. The van der Waals surface area contributed by atoms with Gasteiger partial charge in [-0.15, -0.1) is 0 Å². The first kappa shape index (κ1) is 11.4. The molecule has 0 spiro atoms. The van der Waals surface area contributed by atoms with Gasteiger partial charge in [-0.1, -0.05) is 31.9 Å². The zero-order chi connectivity index (χ0) is 11.8. The molecule has 0 saturated heterocycles. The van der Waals surface area contributed by atoms with Crippen LogP contribution in [0.4, 0.5) is 0 Å². The van der Waals surface area contributed by atoms with Crippen molar-refractivity contribution in [2.75, 3.05) is 6.61 Å². The van der Waals surface area contributed by atoms with E-state index in [2.05, 4.69) is 26.0 Å². The summed E-state index contributed by atoms with van der Waals surface area (Å²) in [5.74, 6) is 4.47. The average molecular weight is 232 g/mol. The van der Waals surface area contributed by atoms with Gasteiger partial charge in [0.2, 0.25) is 0 Å². The van der Waals surface area contributed by atoms with Crippen LogP contribution in [0.5, 0.6) is 0 Å². The summed E-state index contributed by atoms with van der Waals surface area (Å²) in [6.45, 7) is 5.34. The molecule has 1 saturated carbocycles. The monoisotopic (exact) mass is 232 g/mol. The van der Waals surface area contributed by atoms with E-state index in [-0.39, 0.29) is 0 Å². The Balaban J connectivity index is 1.79. The van der Waals surface area contributed by atoms with Crippen LogP contribution in [0.1, 0.15) is 46.0 Å². The first-order valence-corrected chi connectivity index (χ1v) is 7.34. The lowest BCUT2D eigenvalue weighted by Gasteiger charge is -2.30. The normalized spacial score (nSPS) is 40.1. The Morgan fingerprint density at radius 2 is 1.82 bits per heavy atom. The summed E-state index contributed by atoms with van der Waals surface area (Å²) in [6, 6.07) is 0. The van der Waals surface area contributed by atoms with Crippen molar-refractivity contribution in [3.8, 4) is 0 Å². The molecule has 2 bridgehead atoms. The fourth-order valence-electron chi connectivity index (χ4n) is 3.94. The maximum Gasteiger partial charge on any atom is 0.103 e. The first-order valence-electron chi connectivity index (χ1n) is 7.34. The third-order valence-corrected chi connectivity index (χ3v) is 4.86. The Hall–Kier alpha value is -0.720. The van der Waals surface area contributed by atoms with Gasteiger partial charge in [0.1, 0.15) is 5.76 Å². The number of rotatable bonds is 3. The SMILES string of the molecule is CCOC1=C(C2CCC(C)CC2)C2C=CC1C2. The summed E-state index contributed by atoms with van der Waals surface area (Å²) in [5.41, 5.74) is 1.69. The second-order valence-corrected chi connectivity index (χ2v) is 6.04. The summed E-state index contributed by atoms with van der Waals surface area (Å²) in [7, 11) is 0. The van der Waals surface area contributed by atoms with E-state index in [0.717, 1.165) is 24.4 Å². The average Bonchev–Trinajstić information content (AvgIpc) is 2.92. The van der Waals surface area contributed by atoms with Crippen LogP contribution in [0.2, 0.25) is 0 Å². The minimum atomic E-state index is 0.620. The number of hydrogen-bond donors (Lipinski definition) is 0. The number of hydrogen-bond acceptors (Lipinski definition) is 1. The van der Waals surface area contributed by atoms with Crippen molar-refractivity contribution in [1.29, 1.82) is 0 Å². The Bertz CT molecular complexity index is 345. The topological polar surface area (TPSA) is 9.23 Å². The van der Waals surface area contributed by atoms with Gasteiger partial charge in [0, 0.05) is 11.8 Å². The quantitative estimate of drug-likeness (QED) is 0.659. The van der Waals surface area contributed by atoms with Gasteiger partial charge in [-0.2, -0.15) is 0 Å². The Labute approximate surface area is 105 Å². The molecule has 1 nitrogen and oxygen atoms in total. The number of allylic oxidation sites excluding steroid dienone is 3. The molecular weight excluding hydrogens is 208 g/mol. The molecule has 3 aliphatic rings. The lowest BCUT2D eigenvalue weighted by molar-refractivity contribution is 0.199. The molecule has 3 aliphatic carbocycles. The zero-order valence-electron chi connectivity index (χ0n) is 11.1. The highest BCUT2D eigenvalue weighted by Crippen LogP contribution is 2.50. The van der Waals surface area contributed by atoms with Crippen molar-refractivity contribution in [2.24, 2.45) is 23.7 Å². The maximum atomic E-state index is 5.96. The molecule has 0 aliphatic heterocycles. The van der Waals surface area contributed by atoms with Gasteiger partial charge in [-0.25, -0.2) is 0 Å². The van der Waals surface area contributed by atoms with Crippen molar-refractivity contribution in [2.45, 2.75) is 46.0 Å². The van der Waals surface area contributed by atoms with Crippen molar-refractivity contribution < 1.29 is 4.74 Å². The van der Waals surface area contributed by atoms with Crippen LogP contribution in [-0.2, 0) is 4.74 Å². The van der Waals surface area contributed by atoms with Crippen LogP contribution >= 0.6 is 0 Å². The molecule has 2 unspecified atom stereocenters. The molecule has 3 rings (SSSR count). The van der Waals surface area contributed by atoms with Crippen LogP contribution < -0.4 is 0 Å². The van der Waals surface area contributed by atoms with Crippen LogP contribution in [0.25, 0.3) is 0 Å². The largest absolute Gasteiger partial charge is 0.498 e. The summed E-state index contributed by atoms with van der Waals surface area (Å²) < 4.78 is 5.96. The Kier molecular flexibility index (Phi) is 3.02. The van der Waals surface area contributed by atoms with Crippen molar-refractivity contribution in [1.82, 2.24) is 0 Å². The van der Waals surface area contributed by atoms with Gasteiger partial charge < -0.3 is 4.74 Å². The van der Waals surface area contributed by atoms with E-state index < -0.39 is 0 Å². The van der Waals surface area contributed by atoms with E-state index in [1.165, 1.54) is 37.9 Å². The van der Waals surface area contributed by atoms with Crippen LogP contribution in [-0.4, -0.2) is 6.61 Å². The molecule has 0 heterocycles. The van der Waals surface area contributed by atoms with Crippen molar-refractivity contribution in [3.63, 3.8) is 0 Å². The second-order valence-electron chi connectivity index (χ2n) is 6.04. The van der Waals surface area contributed by atoms with Gasteiger partial charge in [-0.05, 0) is 43.6 Å². The fraction of sp³-hybridized carbons (Fsp3) is 0.750. The highest BCUT2D eigenvalue weighted by Gasteiger charge is 2.40. The first-order chi connectivity index (χ1) is 8.29. The minimum Gasteiger partial charge on any atom is -0.498 e. The van der Waals surface area contributed by atoms with E-state index in [0.29, 0.717) is 5.92 Å². The van der Waals surface area contributed by atoms with Crippen LogP contribution in [0.15, 0.2) is 23.5 Å². The molecule has 1 fully saturated rings.